The fourth-order valence-corrected chi connectivity index (χ4v) is 5.67. The highest BCUT2D eigenvalue weighted by Gasteiger charge is 2.47. The molecule has 3 aromatic rings. The topological polar surface area (TPSA) is 42.4 Å². The Morgan fingerprint density at radius 1 is 1.11 bits per heavy atom. The van der Waals surface area contributed by atoms with E-state index >= 15 is 0 Å². The summed E-state index contributed by atoms with van der Waals surface area (Å²) in [6, 6.07) is 16.2. The minimum absolute atomic E-state index is 0.0133. The Balaban J connectivity index is 1.30. The van der Waals surface area contributed by atoms with Crippen LogP contribution in [0.25, 0.3) is 10.9 Å². The van der Waals surface area contributed by atoms with Gasteiger partial charge in [0.05, 0.1) is 17.5 Å². The summed E-state index contributed by atoms with van der Waals surface area (Å²) in [7, 11) is 0. The molecular formula is C23H24N2O2S. The van der Waals surface area contributed by atoms with Gasteiger partial charge in [-0.2, -0.15) is 0 Å². The molecule has 2 fully saturated rings. The fraction of sp³-hybridized carbons (Fsp3) is 0.391. The molecule has 1 amide bonds. The molecule has 144 valence electrons. The molecule has 5 rings (SSSR count). The van der Waals surface area contributed by atoms with Gasteiger partial charge in [0, 0.05) is 29.3 Å². The van der Waals surface area contributed by atoms with Crippen molar-refractivity contribution in [3.63, 3.8) is 0 Å². The quantitative estimate of drug-likeness (QED) is 0.641. The van der Waals surface area contributed by atoms with Gasteiger partial charge in [-0.15, -0.1) is 11.3 Å². The average Bonchev–Trinajstić information content (AvgIpc) is 3.48. The van der Waals surface area contributed by atoms with Gasteiger partial charge >= 0.3 is 0 Å². The summed E-state index contributed by atoms with van der Waals surface area (Å²) in [4.78, 5) is 21.4. The van der Waals surface area contributed by atoms with Crippen LogP contribution in [0.5, 0.6) is 5.88 Å². The van der Waals surface area contributed by atoms with Crippen LogP contribution in [-0.4, -0.2) is 35.0 Å². The molecule has 2 aliphatic rings. The van der Waals surface area contributed by atoms with Crippen molar-refractivity contribution in [3.05, 3.63) is 58.8 Å². The second kappa shape index (κ2) is 7.21. The summed E-state index contributed by atoms with van der Waals surface area (Å²) in [6.45, 7) is 1.42. The molecule has 1 aliphatic carbocycles. The van der Waals surface area contributed by atoms with Crippen LogP contribution in [-0.2, 0) is 10.2 Å². The van der Waals surface area contributed by atoms with Gasteiger partial charge in [-0.3, -0.25) is 4.79 Å². The number of nitrogens with zero attached hydrogens (tertiary/aromatic N) is 2. The lowest BCUT2D eigenvalue weighted by Gasteiger charge is -2.31. The Hall–Kier alpha value is -2.40. The summed E-state index contributed by atoms with van der Waals surface area (Å²) < 4.78 is 6.15. The Kier molecular flexibility index (Phi) is 4.55. The van der Waals surface area contributed by atoms with Crippen molar-refractivity contribution in [1.29, 1.82) is 0 Å². The smallest absolute Gasteiger partial charge is 0.234 e. The van der Waals surface area contributed by atoms with Gasteiger partial charge in [-0.1, -0.05) is 37.1 Å². The van der Waals surface area contributed by atoms with E-state index in [0.717, 1.165) is 49.6 Å². The number of likely N-dealkylation sites (tertiary alicyclic amines) is 1. The average molecular weight is 393 g/mol. The van der Waals surface area contributed by atoms with Crippen LogP contribution in [0, 0.1) is 0 Å². The lowest BCUT2D eigenvalue weighted by molar-refractivity contribution is -0.136. The number of hydrogen-bond acceptors (Lipinski definition) is 4. The minimum atomic E-state index is -0.301. The van der Waals surface area contributed by atoms with Crippen molar-refractivity contribution < 1.29 is 9.53 Å². The number of carbonyl (C=O) groups excluding carboxylic acids is 1. The van der Waals surface area contributed by atoms with Crippen LogP contribution in [0.1, 0.15) is 37.0 Å². The summed E-state index contributed by atoms with van der Waals surface area (Å²) in [5, 5.41) is 3.20. The Morgan fingerprint density at radius 3 is 2.79 bits per heavy atom. The van der Waals surface area contributed by atoms with Gasteiger partial charge in [-0.05, 0) is 36.4 Å². The third-order valence-corrected chi connectivity index (χ3v) is 7.23. The standard InChI is InChI=1S/C23H24N2O2S/c26-22(23(12-3-4-13-23)20-8-5-15-28-20)25-14-11-18(16-25)27-21-10-9-17-6-1-2-7-19(17)24-21/h1-2,5-10,15,18H,3-4,11-14,16H2. The maximum absolute atomic E-state index is 13.5. The maximum atomic E-state index is 13.5. The highest BCUT2D eigenvalue weighted by Crippen LogP contribution is 2.45. The van der Waals surface area contributed by atoms with Crippen molar-refractivity contribution >= 4 is 28.1 Å². The number of benzene rings is 1. The van der Waals surface area contributed by atoms with Gasteiger partial charge in [0.15, 0.2) is 0 Å². The third-order valence-electron chi connectivity index (χ3n) is 6.15. The van der Waals surface area contributed by atoms with Gasteiger partial charge in [0.1, 0.15) is 6.10 Å². The van der Waals surface area contributed by atoms with Crippen LogP contribution >= 0.6 is 11.3 Å². The van der Waals surface area contributed by atoms with E-state index in [1.807, 2.05) is 41.3 Å². The van der Waals surface area contributed by atoms with Crippen molar-refractivity contribution in [1.82, 2.24) is 9.88 Å². The molecule has 1 saturated carbocycles. The number of rotatable bonds is 4. The fourth-order valence-electron chi connectivity index (χ4n) is 4.69. The van der Waals surface area contributed by atoms with Gasteiger partial charge in [-0.25, -0.2) is 4.98 Å². The van der Waals surface area contributed by atoms with E-state index in [4.69, 9.17) is 4.74 Å². The summed E-state index contributed by atoms with van der Waals surface area (Å²) in [6.07, 6.45) is 5.10. The summed E-state index contributed by atoms with van der Waals surface area (Å²) >= 11 is 1.72. The molecule has 0 N–H and O–H groups in total. The number of fused-ring (bicyclic) bond motifs is 1. The van der Waals surface area contributed by atoms with E-state index in [0.29, 0.717) is 18.3 Å². The Labute approximate surface area is 169 Å². The lowest BCUT2D eigenvalue weighted by Crippen LogP contribution is -2.44. The van der Waals surface area contributed by atoms with E-state index in [1.165, 1.54) is 4.88 Å². The number of hydrogen-bond donors (Lipinski definition) is 0. The van der Waals surface area contributed by atoms with Crippen LogP contribution in [0.15, 0.2) is 53.9 Å². The van der Waals surface area contributed by atoms with Gasteiger partial charge in [0.25, 0.3) is 0 Å². The number of carbonyl (C=O) groups is 1. The normalized spacial score (nSPS) is 21.3. The number of aromatic nitrogens is 1. The second-order valence-electron chi connectivity index (χ2n) is 7.89. The van der Waals surface area contributed by atoms with E-state index in [1.54, 1.807) is 11.3 Å². The molecule has 4 nitrogen and oxygen atoms in total. The van der Waals surface area contributed by atoms with Gasteiger partial charge < -0.3 is 9.64 Å². The van der Waals surface area contributed by atoms with Crippen LogP contribution in [0.2, 0.25) is 0 Å². The van der Waals surface area contributed by atoms with Crippen molar-refractivity contribution in [2.45, 2.75) is 43.6 Å². The molecule has 28 heavy (non-hydrogen) atoms. The van der Waals surface area contributed by atoms with E-state index in [9.17, 15) is 4.79 Å². The molecule has 5 heteroatoms. The van der Waals surface area contributed by atoms with Crippen LogP contribution in [0.4, 0.5) is 0 Å². The summed E-state index contributed by atoms with van der Waals surface area (Å²) in [5.74, 6) is 0.942. The van der Waals surface area contributed by atoms with Crippen molar-refractivity contribution in [2.75, 3.05) is 13.1 Å². The van der Waals surface area contributed by atoms with Crippen LogP contribution < -0.4 is 4.74 Å². The lowest BCUT2D eigenvalue weighted by atomic mass is 9.83. The molecule has 1 saturated heterocycles. The SMILES string of the molecule is O=C(N1CCC(Oc2ccc3ccccc3n2)C1)C1(c2cccs2)CCCC1. The highest BCUT2D eigenvalue weighted by molar-refractivity contribution is 7.10. The number of ether oxygens (including phenoxy) is 1. The molecule has 1 unspecified atom stereocenters. The summed E-state index contributed by atoms with van der Waals surface area (Å²) in [5.41, 5.74) is 0.637. The monoisotopic (exact) mass is 392 g/mol. The molecule has 1 atom stereocenters. The second-order valence-corrected chi connectivity index (χ2v) is 8.84. The number of thiophene rings is 1. The van der Waals surface area contributed by atoms with Crippen LogP contribution in [0.3, 0.4) is 0 Å². The molecule has 1 aromatic carbocycles. The van der Waals surface area contributed by atoms with E-state index in [-0.39, 0.29) is 11.5 Å². The van der Waals surface area contributed by atoms with Gasteiger partial charge in [0.2, 0.25) is 11.8 Å². The zero-order valence-electron chi connectivity index (χ0n) is 15.8. The Morgan fingerprint density at radius 2 is 1.96 bits per heavy atom. The zero-order chi connectivity index (χ0) is 19.0. The molecule has 1 aliphatic heterocycles. The molecular weight excluding hydrogens is 368 g/mol. The van der Waals surface area contributed by atoms with Crippen molar-refractivity contribution in [3.8, 4) is 5.88 Å². The highest BCUT2D eigenvalue weighted by atomic mass is 32.1. The molecule has 0 radical (unpaired) electrons. The van der Waals surface area contributed by atoms with E-state index in [2.05, 4.69) is 22.5 Å². The largest absolute Gasteiger partial charge is 0.472 e. The molecule has 3 heterocycles. The third kappa shape index (κ3) is 3.08. The Bertz CT molecular complexity index is 979. The van der Waals surface area contributed by atoms with E-state index < -0.39 is 0 Å². The first-order chi connectivity index (χ1) is 13.7. The first-order valence-electron chi connectivity index (χ1n) is 10.1. The maximum Gasteiger partial charge on any atom is 0.234 e. The molecule has 2 aromatic heterocycles. The first-order valence-corrected chi connectivity index (χ1v) is 11.0. The number of amides is 1. The molecule has 0 spiro atoms. The minimum Gasteiger partial charge on any atom is -0.472 e. The predicted molar refractivity (Wildman–Crippen MR) is 112 cm³/mol. The first kappa shape index (κ1) is 17.7. The van der Waals surface area contributed by atoms with Crippen molar-refractivity contribution in [2.24, 2.45) is 0 Å². The number of pyridine rings is 1. The predicted octanol–water partition coefficient (Wildman–Crippen LogP) is 4.79. The molecule has 0 bridgehead atoms. The number of para-hydroxylation sites is 1. The zero-order valence-corrected chi connectivity index (χ0v) is 16.7.